The maximum absolute atomic E-state index is 14.5. The molecule has 96 heavy (non-hydrogen) atoms. The third-order valence-corrected chi connectivity index (χ3v) is 22.8. The second kappa shape index (κ2) is 26.8. The number of allylic oxidation sites excluding steroid dienone is 2. The number of imide groups is 1. The number of hydroxylamine groups is 2. The molecule has 0 spiro atoms. The van der Waals surface area contributed by atoms with Crippen molar-refractivity contribution in [3.8, 4) is 23.3 Å². The van der Waals surface area contributed by atoms with Gasteiger partial charge in [0.25, 0.3) is 11.8 Å². The fourth-order valence-corrected chi connectivity index (χ4v) is 15.5. The van der Waals surface area contributed by atoms with Gasteiger partial charge in [-0.25, -0.2) is 31.6 Å². The van der Waals surface area contributed by atoms with Crippen molar-refractivity contribution in [2.75, 3.05) is 27.3 Å². The number of nitrogens with two attached hydrogens (primary N) is 1. The lowest BCUT2D eigenvalue weighted by Crippen LogP contribution is -2.57. The number of benzene rings is 2. The molecule has 4 aromatic rings. The minimum atomic E-state index is -3.90. The van der Waals surface area contributed by atoms with Crippen LogP contribution < -0.4 is 39.4 Å². The molecule has 4 aliphatic carbocycles. The van der Waals surface area contributed by atoms with Crippen LogP contribution in [-0.2, 0) is 63.2 Å². The van der Waals surface area contributed by atoms with Crippen LogP contribution in [-0.4, -0.2) is 169 Å². The highest BCUT2D eigenvalue weighted by molar-refractivity contribution is 7.91. The Hall–Kier alpha value is -8.57. The summed E-state index contributed by atoms with van der Waals surface area (Å²) in [7, 11) is -4.57. The van der Waals surface area contributed by atoms with Crippen molar-refractivity contribution in [1.29, 1.82) is 0 Å². The summed E-state index contributed by atoms with van der Waals surface area (Å²) in [5.74, 6) is -3.70. The number of amides is 7. The molecule has 3 aliphatic heterocycles. The van der Waals surface area contributed by atoms with E-state index in [0.717, 1.165) is 16.2 Å². The van der Waals surface area contributed by atoms with Gasteiger partial charge in [-0.15, -0.1) is 18.2 Å². The molecule has 516 valence electrons. The van der Waals surface area contributed by atoms with Gasteiger partial charge in [0.2, 0.25) is 55.4 Å². The Morgan fingerprint density at radius 1 is 0.646 bits per heavy atom. The third-order valence-electron chi connectivity index (χ3n) is 19.1. The zero-order valence-corrected chi connectivity index (χ0v) is 56.6. The van der Waals surface area contributed by atoms with Crippen molar-refractivity contribution >= 4 is 94.7 Å². The molecule has 0 radical (unpaired) electrons. The molecule has 11 rings (SSSR count). The minimum absolute atomic E-state index is 0.00624. The van der Waals surface area contributed by atoms with E-state index in [9.17, 15) is 60.0 Å². The van der Waals surface area contributed by atoms with Gasteiger partial charge >= 0.3 is 6.09 Å². The van der Waals surface area contributed by atoms with Crippen LogP contribution in [0.1, 0.15) is 119 Å². The van der Waals surface area contributed by atoms with E-state index in [4.69, 9.17) is 29.5 Å². The first-order chi connectivity index (χ1) is 45.2. The van der Waals surface area contributed by atoms with Gasteiger partial charge in [-0.3, -0.25) is 47.8 Å². The Balaban J connectivity index is 0.000000213. The fourth-order valence-electron chi connectivity index (χ4n) is 12.7. The van der Waals surface area contributed by atoms with Crippen LogP contribution in [0.25, 0.3) is 21.5 Å². The summed E-state index contributed by atoms with van der Waals surface area (Å²) in [5, 5.41) is 4.65. The number of hydrogen-bond donors (Lipinski definition) is 4. The Morgan fingerprint density at radius 2 is 1.06 bits per heavy atom. The van der Waals surface area contributed by atoms with Crippen LogP contribution >= 0.6 is 0 Å². The number of likely N-dealkylation sites (tertiary alicyclic amines) is 2. The fraction of sp³-hybridized carbons (Fsp3) is 0.537. The molecule has 29 heteroatoms. The van der Waals surface area contributed by atoms with Crippen molar-refractivity contribution in [3.63, 3.8) is 0 Å². The van der Waals surface area contributed by atoms with Gasteiger partial charge < -0.3 is 44.6 Å². The number of hydrogen-bond acceptors (Lipinski definition) is 21. The first-order valence-corrected chi connectivity index (χ1v) is 35.1. The number of carbonyl (C=O) groups is 9. The van der Waals surface area contributed by atoms with Crippen molar-refractivity contribution in [2.45, 2.75) is 165 Å². The van der Waals surface area contributed by atoms with Crippen LogP contribution in [0.5, 0.6) is 23.3 Å². The van der Waals surface area contributed by atoms with Gasteiger partial charge in [-0.05, 0) is 120 Å². The number of methoxy groups -OCH3 is 2. The maximum atomic E-state index is 14.5. The number of pyridine rings is 2. The van der Waals surface area contributed by atoms with E-state index in [1.165, 1.54) is 15.9 Å². The van der Waals surface area contributed by atoms with E-state index < -0.39 is 142 Å². The number of ether oxygens (including phenoxy) is 4. The zero-order chi connectivity index (χ0) is 69.8. The van der Waals surface area contributed by atoms with Crippen LogP contribution in [0.2, 0.25) is 0 Å². The molecule has 2 aromatic carbocycles. The first-order valence-electron chi connectivity index (χ1n) is 32.0. The van der Waals surface area contributed by atoms with Crippen LogP contribution in [0.4, 0.5) is 4.79 Å². The highest BCUT2D eigenvalue weighted by atomic mass is 32.2. The smallest absolute Gasteiger partial charge is 0.432 e. The van der Waals surface area contributed by atoms with Gasteiger partial charge in [0.1, 0.15) is 29.7 Å². The predicted octanol–water partition coefficient (Wildman–Crippen LogP) is 5.28. The molecule has 3 saturated heterocycles. The molecule has 5 N–H and O–H groups in total. The summed E-state index contributed by atoms with van der Waals surface area (Å²) in [4.78, 5) is 137. The van der Waals surface area contributed by atoms with Crippen LogP contribution in [0, 0.1) is 33.5 Å². The molecule has 5 heterocycles. The molecule has 2 aromatic heterocycles. The lowest BCUT2D eigenvalue weighted by atomic mass is 9.85. The summed E-state index contributed by atoms with van der Waals surface area (Å²) in [6.45, 7) is 18.1. The molecule has 27 nitrogen and oxygen atoms in total. The summed E-state index contributed by atoms with van der Waals surface area (Å²) in [6.07, 6.45) is 5.44. The number of sulfonamides is 2. The van der Waals surface area contributed by atoms with E-state index in [2.05, 4.69) is 37.9 Å². The molecule has 0 unspecified atom stereocenters. The average molecular weight is 1370 g/mol. The third kappa shape index (κ3) is 14.9. The van der Waals surface area contributed by atoms with E-state index in [0.29, 0.717) is 59.9 Å². The molecule has 7 fully saturated rings. The number of nitrogens with zero attached hydrogens (tertiary/aromatic N) is 5. The molecule has 7 amide bonds. The van der Waals surface area contributed by atoms with Crippen LogP contribution in [0.3, 0.4) is 0 Å². The highest BCUT2D eigenvalue weighted by Gasteiger charge is 2.63. The zero-order valence-electron chi connectivity index (χ0n) is 55.0. The molecule has 4 saturated carbocycles. The molecule has 10 atom stereocenters. The SMILES string of the molecule is C=C[C@@H]1C[C@]1(CC(=O)[C@@H]1C[C@@H](Oc2nccc3cc(OC)ccc23)CN1C(=O)[C@@H](N)C(C)(C)C)C(=O)NS(=O)(=O)C1CC1.C=C[C@@H]1C[C@]1(CC(=O)[C@@H]1C[C@@H](Oc2nccc3cc(OC)ccc23)CN1C(=O)[C@@H](NC(=O)ON1C(=O)CCC1=O)C(C)(C)C)C(=O)NS(=O)(=O)C1CC1. The number of nitrogens with one attached hydrogen (secondary N) is 3. The van der Waals surface area contributed by atoms with Gasteiger partial charge in [-0.1, -0.05) is 53.7 Å². The van der Waals surface area contributed by atoms with Crippen LogP contribution in [0.15, 0.2) is 86.2 Å². The van der Waals surface area contributed by atoms with E-state index in [-0.39, 0.29) is 75.6 Å². The number of ketones is 2. The summed E-state index contributed by atoms with van der Waals surface area (Å²) in [5.41, 5.74) is 2.23. The monoisotopic (exact) mass is 1370 g/mol. The van der Waals surface area contributed by atoms with Gasteiger partial charge in [0.15, 0.2) is 11.6 Å². The lowest BCUT2D eigenvalue weighted by molar-refractivity contribution is -0.171. The summed E-state index contributed by atoms with van der Waals surface area (Å²) < 4.78 is 78.2. The molecular formula is C67H83N9O18S2. The number of carbonyl (C=O) groups excluding carboxylic acids is 9. The number of aromatic nitrogens is 2. The summed E-state index contributed by atoms with van der Waals surface area (Å²) in [6, 6.07) is 10.2. The Kier molecular flexibility index (Phi) is 19.6. The molecule has 7 aliphatic rings. The minimum Gasteiger partial charge on any atom is -0.497 e. The van der Waals surface area contributed by atoms with Crippen molar-refractivity contribution in [2.24, 2.45) is 39.2 Å². The van der Waals surface area contributed by atoms with E-state index >= 15 is 0 Å². The quantitative estimate of drug-likeness (QED) is 0.0512. The van der Waals surface area contributed by atoms with Gasteiger partial charge in [0, 0.05) is 61.7 Å². The second-order valence-electron chi connectivity index (χ2n) is 28.2. The van der Waals surface area contributed by atoms with Crippen molar-refractivity contribution in [1.82, 2.24) is 39.6 Å². The Bertz CT molecular complexity index is 4050. The average Bonchev–Trinajstić information content (AvgIpc) is 1.58. The number of Topliss-reactive ketones (excluding diaryl/α,β-unsaturated/α-hetero) is 2. The predicted molar refractivity (Wildman–Crippen MR) is 348 cm³/mol. The van der Waals surface area contributed by atoms with Crippen molar-refractivity contribution < 1.29 is 83.8 Å². The second-order valence-corrected chi connectivity index (χ2v) is 32.1. The van der Waals surface area contributed by atoms with Crippen molar-refractivity contribution in [3.05, 3.63) is 86.2 Å². The largest absolute Gasteiger partial charge is 0.497 e. The highest BCUT2D eigenvalue weighted by Crippen LogP contribution is 2.58. The molecule has 0 bridgehead atoms. The maximum Gasteiger partial charge on any atom is 0.432 e. The normalized spacial score (nSPS) is 25.4. The van der Waals surface area contributed by atoms with Gasteiger partial charge in [0.05, 0.1) is 66.8 Å². The first kappa shape index (κ1) is 70.2. The standard InChI is InChI=1S/C36H43N5O11S.C31H40N4O7S/c1-6-21-17-36(21,33(46)39-53(48,49)24-8-9-24)18-27(42)26-16-23(51-31-25-10-7-22(50-5)15-20(25)13-14-37-31)19-40(26)32(45)30(35(2,3)4)38-34(47)52-41-28(43)11-12-29(41)44;1-6-19-15-31(19,29(38)34-43(39,40)22-8-9-22)16-25(36)24-14-21(17-35(24)28(37)26(32)30(2,3)4)42-27-23-10-7-20(41-5)13-18(23)11-12-33-27/h6-7,10,13-15,21,23-24,26,30H,1,8-9,11-12,16-19H2,2-5H3,(H,38,47)(H,39,46);6-7,10-13,19,21-22,24,26H,1,8-9,14-17,32H2,2-5H3,(H,34,38)/t21-,23-,26+,30-,36-;19-,21-,24+,26-,31-/m11/s1. The number of fused-ring (bicyclic) bond motifs is 2. The molecular weight excluding hydrogens is 1280 g/mol. The summed E-state index contributed by atoms with van der Waals surface area (Å²) >= 11 is 0. The van der Waals surface area contributed by atoms with E-state index in [1.54, 1.807) is 77.7 Å². The van der Waals surface area contributed by atoms with E-state index in [1.807, 2.05) is 45.0 Å². The number of rotatable bonds is 24. The Morgan fingerprint density at radius 3 is 1.43 bits per heavy atom. The topological polar surface area (TPSA) is 366 Å². The Labute approximate surface area is 557 Å². The lowest BCUT2D eigenvalue weighted by Gasteiger charge is -2.35. The van der Waals surface area contributed by atoms with Gasteiger partial charge in [-0.2, -0.15) is 0 Å².